The van der Waals surface area contributed by atoms with Crippen molar-refractivity contribution in [3.8, 4) is 0 Å². The molecule has 0 aliphatic heterocycles. The Morgan fingerprint density at radius 2 is 0.355 bits per heavy atom. The van der Waals surface area contributed by atoms with Crippen molar-refractivity contribution in [2.75, 3.05) is 13.2 Å². The van der Waals surface area contributed by atoms with Crippen LogP contribution in [0.4, 0.5) is 0 Å². The first-order valence-electron chi connectivity index (χ1n) is 35.0. The van der Waals surface area contributed by atoms with E-state index in [4.69, 9.17) is 14.2 Å². The first kappa shape index (κ1) is 74.4. The van der Waals surface area contributed by atoms with Crippen LogP contribution in [-0.4, -0.2) is 37.2 Å². The molecule has 0 aromatic heterocycles. The standard InChI is InChI=1S/C70H136O6/c1-4-7-10-13-16-19-21-23-25-27-29-30-31-32-33-34-35-36-37-38-39-41-42-44-46-48-51-54-57-60-63-69(72)75-66-67(65-74-68(71)62-59-56-53-50-18-15-12-9-6-3)76-70(73)64-61-58-55-52-49-47-45-43-40-28-26-24-22-20-17-14-11-8-5-2/h67H,4-66H2,1-3H3. The Labute approximate surface area is 476 Å². The van der Waals surface area contributed by atoms with Gasteiger partial charge in [-0.1, -0.05) is 374 Å². The predicted octanol–water partition coefficient (Wildman–Crippen LogP) is 23.8. The van der Waals surface area contributed by atoms with Crippen molar-refractivity contribution in [3.05, 3.63) is 0 Å². The fourth-order valence-corrected chi connectivity index (χ4v) is 11.1. The van der Waals surface area contributed by atoms with Crippen molar-refractivity contribution in [3.63, 3.8) is 0 Å². The lowest BCUT2D eigenvalue weighted by Gasteiger charge is -2.18. The van der Waals surface area contributed by atoms with Crippen molar-refractivity contribution in [1.29, 1.82) is 0 Å². The van der Waals surface area contributed by atoms with Gasteiger partial charge in [0, 0.05) is 19.3 Å². The van der Waals surface area contributed by atoms with Crippen LogP contribution in [0.2, 0.25) is 0 Å². The Bertz CT molecular complexity index is 1140. The van der Waals surface area contributed by atoms with E-state index in [1.165, 1.54) is 315 Å². The molecule has 0 saturated carbocycles. The molecule has 1 unspecified atom stereocenters. The summed E-state index contributed by atoms with van der Waals surface area (Å²) < 4.78 is 16.9. The number of hydrogen-bond acceptors (Lipinski definition) is 6. The number of esters is 3. The molecule has 0 aromatic rings. The van der Waals surface area contributed by atoms with E-state index in [1.54, 1.807) is 0 Å². The third-order valence-electron chi connectivity index (χ3n) is 16.4. The summed E-state index contributed by atoms with van der Waals surface area (Å²) in [6, 6.07) is 0. The molecule has 6 nitrogen and oxygen atoms in total. The second kappa shape index (κ2) is 65.9. The van der Waals surface area contributed by atoms with E-state index in [-0.39, 0.29) is 31.1 Å². The molecule has 76 heavy (non-hydrogen) atoms. The molecule has 0 rings (SSSR count). The molecule has 0 aliphatic carbocycles. The van der Waals surface area contributed by atoms with E-state index in [2.05, 4.69) is 20.8 Å². The lowest BCUT2D eigenvalue weighted by molar-refractivity contribution is -0.167. The van der Waals surface area contributed by atoms with Crippen molar-refractivity contribution >= 4 is 17.9 Å². The molecular formula is C70H136O6. The van der Waals surface area contributed by atoms with Crippen molar-refractivity contribution < 1.29 is 28.6 Å². The summed E-state index contributed by atoms with van der Waals surface area (Å²) in [6.45, 7) is 6.71. The first-order chi connectivity index (χ1) is 37.5. The van der Waals surface area contributed by atoms with Crippen LogP contribution in [0.1, 0.15) is 412 Å². The second-order valence-corrected chi connectivity index (χ2v) is 24.2. The van der Waals surface area contributed by atoms with Gasteiger partial charge in [-0.25, -0.2) is 0 Å². The van der Waals surface area contributed by atoms with Gasteiger partial charge < -0.3 is 14.2 Å². The third kappa shape index (κ3) is 63.2. The average Bonchev–Trinajstić information content (AvgIpc) is 3.42. The van der Waals surface area contributed by atoms with Crippen molar-refractivity contribution in [2.24, 2.45) is 0 Å². The van der Waals surface area contributed by atoms with Gasteiger partial charge in [0.15, 0.2) is 6.10 Å². The van der Waals surface area contributed by atoms with Crippen LogP contribution in [-0.2, 0) is 28.6 Å². The monoisotopic (exact) mass is 1070 g/mol. The maximum Gasteiger partial charge on any atom is 0.306 e. The van der Waals surface area contributed by atoms with E-state index in [9.17, 15) is 14.4 Å². The zero-order chi connectivity index (χ0) is 55.0. The number of ether oxygens (including phenoxy) is 3. The zero-order valence-electron chi connectivity index (χ0n) is 52.1. The summed E-state index contributed by atoms with van der Waals surface area (Å²) in [5.74, 6) is -0.828. The Balaban J connectivity index is 4.02. The molecular weight excluding hydrogens is 937 g/mol. The Morgan fingerprint density at radius 1 is 0.211 bits per heavy atom. The van der Waals surface area contributed by atoms with Crippen LogP contribution >= 0.6 is 0 Å². The number of rotatable bonds is 66. The van der Waals surface area contributed by atoms with Crippen molar-refractivity contribution in [1.82, 2.24) is 0 Å². The van der Waals surface area contributed by atoms with Crippen LogP contribution in [0.25, 0.3) is 0 Å². The third-order valence-corrected chi connectivity index (χ3v) is 16.4. The molecule has 0 amide bonds. The highest BCUT2D eigenvalue weighted by atomic mass is 16.6. The fourth-order valence-electron chi connectivity index (χ4n) is 11.1. The number of unbranched alkanes of at least 4 members (excludes halogenated alkanes) is 55. The molecule has 0 aromatic carbocycles. The highest BCUT2D eigenvalue weighted by Crippen LogP contribution is 2.19. The summed E-state index contributed by atoms with van der Waals surface area (Å²) in [6.07, 6.45) is 77.3. The fraction of sp³-hybridized carbons (Fsp3) is 0.957. The zero-order valence-corrected chi connectivity index (χ0v) is 52.1. The van der Waals surface area contributed by atoms with Gasteiger partial charge in [-0.15, -0.1) is 0 Å². The molecule has 0 radical (unpaired) electrons. The number of carbonyl (C=O) groups excluding carboxylic acids is 3. The van der Waals surface area contributed by atoms with E-state index in [0.717, 1.165) is 57.8 Å². The molecule has 0 fully saturated rings. The normalized spacial score (nSPS) is 11.9. The van der Waals surface area contributed by atoms with Crippen LogP contribution in [0.5, 0.6) is 0 Å². The van der Waals surface area contributed by atoms with Crippen molar-refractivity contribution in [2.45, 2.75) is 419 Å². The van der Waals surface area contributed by atoms with Crippen LogP contribution in [0.15, 0.2) is 0 Å². The van der Waals surface area contributed by atoms with Gasteiger partial charge in [-0.05, 0) is 19.3 Å². The molecule has 0 N–H and O–H groups in total. The van der Waals surface area contributed by atoms with Gasteiger partial charge in [0.1, 0.15) is 13.2 Å². The van der Waals surface area contributed by atoms with E-state index < -0.39 is 6.10 Å². The van der Waals surface area contributed by atoms with Crippen LogP contribution < -0.4 is 0 Å². The van der Waals surface area contributed by atoms with Gasteiger partial charge in [0.05, 0.1) is 0 Å². The Hall–Kier alpha value is -1.59. The first-order valence-corrected chi connectivity index (χ1v) is 35.0. The van der Waals surface area contributed by atoms with Gasteiger partial charge in [-0.2, -0.15) is 0 Å². The molecule has 0 aliphatic rings. The smallest absolute Gasteiger partial charge is 0.306 e. The maximum atomic E-state index is 12.9. The molecule has 1 atom stereocenters. The lowest BCUT2D eigenvalue weighted by atomic mass is 10.0. The quantitative estimate of drug-likeness (QED) is 0.0343. The second-order valence-electron chi connectivity index (χ2n) is 24.2. The molecule has 452 valence electrons. The van der Waals surface area contributed by atoms with Crippen LogP contribution in [0.3, 0.4) is 0 Å². The predicted molar refractivity (Wildman–Crippen MR) is 330 cm³/mol. The van der Waals surface area contributed by atoms with E-state index in [0.29, 0.717) is 19.3 Å². The number of hydrogen-bond donors (Lipinski definition) is 0. The Kier molecular flexibility index (Phi) is 64.5. The largest absolute Gasteiger partial charge is 0.462 e. The minimum absolute atomic E-state index is 0.0608. The van der Waals surface area contributed by atoms with E-state index in [1.807, 2.05) is 0 Å². The summed E-state index contributed by atoms with van der Waals surface area (Å²) in [5, 5.41) is 0. The van der Waals surface area contributed by atoms with Gasteiger partial charge in [0.25, 0.3) is 0 Å². The Morgan fingerprint density at radius 3 is 0.526 bits per heavy atom. The summed E-state index contributed by atoms with van der Waals surface area (Å²) in [5.41, 5.74) is 0. The molecule has 6 heteroatoms. The summed E-state index contributed by atoms with van der Waals surface area (Å²) >= 11 is 0. The van der Waals surface area contributed by atoms with Crippen LogP contribution in [0, 0.1) is 0 Å². The lowest BCUT2D eigenvalue weighted by Crippen LogP contribution is -2.30. The van der Waals surface area contributed by atoms with Gasteiger partial charge >= 0.3 is 17.9 Å². The van der Waals surface area contributed by atoms with Gasteiger partial charge in [0.2, 0.25) is 0 Å². The molecule has 0 heterocycles. The topological polar surface area (TPSA) is 78.9 Å². The maximum absolute atomic E-state index is 12.9. The summed E-state index contributed by atoms with van der Waals surface area (Å²) in [4.78, 5) is 38.2. The molecule has 0 saturated heterocycles. The van der Waals surface area contributed by atoms with E-state index >= 15 is 0 Å². The minimum Gasteiger partial charge on any atom is -0.462 e. The summed E-state index contributed by atoms with van der Waals surface area (Å²) in [7, 11) is 0. The SMILES string of the molecule is CCCCCCCCCCCCCCCCCCCCCCCCCCCCCCCCC(=O)OCC(COC(=O)CCCCCCCCCCC)OC(=O)CCCCCCCCCCCCCCCCCCCCC. The minimum atomic E-state index is -0.762. The highest BCUT2D eigenvalue weighted by Gasteiger charge is 2.19. The highest BCUT2D eigenvalue weighted by molar-refractivity contribution is 5.71. The molecule has 0 spiro atoms. The van der Waals surface area contributed by atoms with Gasteiger partial charge in [-0.3, -0.25) is 14.4 Å². The average molecular weight is 1070 g/mol. The molecule has 0 bridgehead atoms. The number of carbonyl (C=O) groups is 3.